The molecule has 28 heavy (non-hydrogen) atoms. The summed E-state index contributed by atoms with van der Waals surface area (Å²) in [5, 5.41) is 6.75. The lowest BCUT2D eigenvalue weighted by Crippen LogP contribution is -2.24. The largest absolute Gasteiger partial charge is 0.341 e. The average molecular weight is 379 g/mol. The van der Waals surface area contributed by atoms with Gasteiger partial charge >= 0.3 is 0 Å². The minimum atomic E-state index is -0.736. The van der Waals surface area contributed by atoms with Crippen LogP contribution >= 0.6 is 0 Å². The summed E-state index contributed by atoms with van der Waals surface area (Å²) in [6, 6.07) is 12.4. The van der Waals surface area contributed by atoms with Crippen molar-refractivity contribution in [1.82, 2.24) is 15.1 Å². The zero-order valence-electron chi connectivity index (χ0n) is 14.7. The number of nitrogens with zero attached hydrogens (tertiary/aromatic N) is 2. The molecule has 3 rings (SSSR count). The molecule has 1 amide bonds. The van der Waals surface area contributed by atoms with Gasteiger partial charge < -0.3 is 5.32 Å². The minimum absolute atomic E-state index is 0.0841. The molecule has 3 aromatic rings. The van der Waals surface area contributed by atoms with Crippen molar-refractivity contribution >= 4 is 5.91 Å². The number of nitrogens with one attached hydrogen (secondary N) is 1. The standard InChI is InChI=1S/C21H15F2N3O2/c1-2-8-24-21(28)15-5-3-4-14(9-15)13-26-20(27)7-6-19(25-26)16-10-17(22)12-18(23)11-16/h1,3-7,9-12H,8,13H2,(H,24,28). The molecule has 1 N–H and O–H groups in total. The quantitative estimate of drug-likeness (QED) is 0.693. The van der Waals surface area contributed by atoms with Gasteiger partial charge in [0.25, 0.3) is 11.5 Å². The predicted octanol–water partition coefficient (Wildman–Crippen LogP) is 2.60. The molecule has 0 bridgehead atoms. The molecule has 0 aliphatic heterocycles. The van der Waals surface area contributed by atoms with Gasteiger partial charge in [-0.3, -0.25) is 9.59 Å². The topological polar surface area (TPSA) is 64.0 Å². The van der Waals surface area contributed by atoms with E-state index in [1.165, 1.54) is 12.1 Å². The van der Waals surface area contributed by atoms with Gasteiger partial charge in [0.2, 0.25) is 0 Å². The maximum atomic E-state index is 13.5. The third-order valence-corrected chi connectivity index (χ3v) is 3.90. The Hall–Kier alpha value is -3.79. The highest BCUT2D eigenvalue weighted by molar-refractivity contribution is 5.94. The van der Waals surface area contributed by atoms with E-state index >= 15 is 0 Å². The lowest BCUT2D eigenvalue weighted by atomic mass is 10.1. The average Bonchev–Trinajstić information content (AvgIpc) is 2.67. The van der Waals surface area contributed by atoms with Crippen LogP contribution in [0.4, 0.5) is 8.78 Å². The molecule has 1 aromatic heterocycles. The summed E-state index contributed by atoms with van der Waals surface area (Å²) in [5.74, 6) is 0.518. The zero-order valence-corrected chi connectivity index (χ0v) is 14.7. The van der Waals surface area contributed by atoms with Gasteiger partial charge in [0.05, 0.1) is 18.8 Å². The van der Waals surface area contributed by atoms with Crippen molar-refractivity contribution in [2.24, 2.45) is 0 Å². The van der Waals surface area contributed by atoms with E-state index in [4.69, 9.17) is 6.42 Å². The first-order valence-electron chi connectivity index (χ1n) is 8.31. The minimum Gasteiger partial charge on any atom is -0.341 e. The number of halogens is 2. The van der Waals surface area contributed by atoms with Crippen LogP contribution in [-0.2, 0) is 6.54 Å². The molecule has 2 aromatic carbocycles. The van der Waals surface area contributed by atoms with Crippen molar-refractivity contribution < 1.29 is 13.6 Å². The third kappa shape index (κ3) is 4.48. The lowest BCUT2D eigenvalue weighted by molar-refractivity contribution is 0.0958. The highest BCUT2D eigenvalue weighted by Crippen LogP contribution is 2.18. The van der Waals surface area contributed by atoms with E-state index in [0.29, 0.717) is 11.1 Å². The Morgan fingerprint density at radius 2 is 1.86 bits per heavy atom. The van der Waals surface area contributed by atoms with Crippen molar-refractivity contribution in [2.75, 3.05) is 6.54 Å². The molecular formula is C21H15F2N3O2. The van der Waals surface area contributed by atoms with Crippen LogP contribution in [0.2, 0.25) is 0 Å². The molecule has 0 spiro atoms. The Morgan fingerprint density at radius 1 is 1.11 bits per heavy atom. The van der Waals surface area contributed by atoms with Gasteiger partial charge in [-0.2, -0.15) is 5.10 Å². The van der Waals surface area contributed by atoms with Crippen LogP contribution in [-0.4, -0.2) is 22.2 Å². The second kappa shape index (κ2) is 8.27. The van der Waals surface area contributed by atoms with E-state index in [1.807, 2.05) is 0 Å². The highest BCUT2D eigenvalue weighted by Gasteiger charge is 2.09. The van der Waals surface area contributed by atoms with Gasteiger partial charge in [-0.05, 0) is 35.9 Å². The van der Waals surface area contributed by atoms with Crippen molar-refractivity contribution in [1.29, 1.82) is 0 Å². The van der Waals surface area contributed by atoms with E-state index in [-0.39, 0.29) is 35.8 Å². The lowest BCUT2D eigenvalue weighted by Gasteiger charge is -2.09. The first kappa shape index (κ1) is 19.0. The van der Waals surface area contributed by atoms with Crippen LogP contribution in [0.1, 0.15) is 15.9 Å². The number of carbonyl (C=O) groups is 1. The summed E-state index contributed by atoms with van der Waals surface area (Å²) >= 11 is 0. The normalized spacial score (nSPS) is 10.3. The Kier molecular flexibility index (Phi) is 5.61. The summed E-state index contributed by atoms with van der Waals surface area (Å²) in [4.78, 5) is 24.2. The fourth-order valence-electron chi connectivity index (χ4n) is 2.64. The molecule has 1 heterocycles. The molecule has 0 fully saturated rings. The number of hydrogen-bond acceptors (Lipinski definition) is 3. The first-order chi connectivity index (χ1) is 13.5. The van der Waals surface area contributed by atoms with E-state index in [9.17, 15) is 18.4 Å². The number of aromatic nitrogens is 2. The van der Waals surface area contributed by atoms with Gasteiger partial charge in [-0.15, -0.1) is 6.42 Å². The SMILES string of the molecule is C#CCNC(=O)c1cccc(Cn2nc(-c3cc(F)cc(F)c3)ccc2=O)c1. The third-order valence-electron chi connectivity index (χ3n) is 3.90. The Morgan fingerprint density at radius 3 is 2.57 bits per heavy atom. The molecule has 0 saturated carbocycles. The molecule has 0 unspecified atom stereocenters. The molecule has 0 saturated heterocycles. The number of benzene rings is 2. The van der Waals surface area contributed by atoms with E-state index in [0.717, 1.165) is 22.9 Å². The monoisotopic (exact) mass is 379 g/mol. The molecule has 0 aliphatic rings. The Balaban J connectivity index is 1.90. The van der Waals surface area contributed by atoms with Crippen LogP contribution in [0.15, 0.2) is 59.4 Å². The van der Waals surface area contributed by atoms with Crippen molar-refractivity contribution in [3.63, 3.8) is 0 Å². The number of amides is 1. The maximum Gasteiger partial charge on any atom is 0.267 e. The number of hydrogen-bond donors (Lipinski definition) is 1. The van der Waals surface area contributed by atoms with E-state index < -0.39 is 11.6 Å². The fraction of sp³-hybridized carbons (Fsp3) is 0.0952. The Labute approximate surface area is 159 Å². The number of rotatable bonds is 5. The van der Waals surface area contributed by atoms with Crippen molar-refractivity contribution in [3.8, 4) is 23.6 Å². The summed E-state index contributed by atoms with van der Waals surface area (Å²) in [6.07, 6.45) is 5.13. The zero-order chi connectivity index (χ0) is 20.1. The number of terminal acetylenes is 1. The molecular weight excluding hydrogens is 364 g/mol. The van der Waals surface area contributed by atoms with Crippen molar-refractivity contribution in [3.05, 3.63) is 87.7 Å². The van der Waals surface area contributed by atoms with Crippen LogP contribution in [0.25, 0.3) is 11.3 Å². The highest BCUT2D eigenvalue weighted by atomic mass is 19.1. The smallest absolute Gasteiger partial charge is 0.267 e. The van der Waals surface area contributed by atoms with Crippen LogP contribution < -0.4 is 10.9 Å². The predicted molar refractivity (Wildman–Crippen MR) is 101 cm³/mol. The van der Waals surface area contributed by atoms with Gasteiger partial charge in [0.15, 0.2) is 0 Å². The molecule has 0 atom stereocenters. The Bertz CT molecular complexity index is 1110. The summed E-state index contributed by atoms with van der Waals surface area (Å²) in [6.45, 7) is 0.192. The maximum absolute atomic E-state index is 13.5. The van der Waals surface area contributed by atoms with Gasteiger partial charge in [0, 0.05) is 23.3 Å². The molecule has 5 nitrogen and oxygen atoms in total. The van der Waals surface area contributed by atoms with Crippen molar-refractivity contribution in [2.45, 2.75) is 6.54 Å². The van der Waals surface area contributed by atoms with Crippen LogP contribution in [0, 0.1) is 24.0 Å². The van der Waals surface area contributed by atoms with Gasteiger partial charge in [0.1, 0.15) is 11.6 Å². The van der Waals surface area contributed by atoms with E-state index in [2.05, 4.69) is 16.3 Å². The second-order valence-electron chi connectivity index (χ2n) is 5.96. The van der Waals surface area contributed by atoms with E-state index in [1.54, 1.807) is 24.3 Å². The van der Waals surface area contributed by atoms with Gasteiger partial charge in [-0.25, -0.2) is 13.5 Å². The van der Waals surface area contributed by atoms with Crippen LogP contribution in [0.5, 0.6) is 0 Å². The van der Waals surface area contributed by atoms with Gasteiger partial charge in [-0.1, -0.05) is 18.1 Å². The number of carbonyl (C=O) groups excluding carboxylic acids is 1. The second-order valence-corrected chi connectivity index (χ2v) is 5.96. The van der Waals surface area contributed by atoms with Crippen LogP contribution in [0.3, 0.4) is 0 Å². The fourth-order valence-corrected chi connectivity index (χ4v) is 2.64. The summed E-state index contributed by atoms with van der Waals surface area (Å²) in [5.41, 5.74) is 1.13. The first-order valence-corrected chi connectivity index (χ1v) is 8.31. The molecule has 7 heteroatoms. The summed E-state index contributed by atoms with van der Waals surface area (Å²) < 4.78 is 28.1. The molecule has 140 valence electrons. The summed E-state index contributed by atoms with van der Waals surface area (Å²) in [7, 11) is 0. The molecule has 0 radical (unpaired) electrons. The molecule has 0 aliphatic carbocycles.